The number of halogens is 1. The zero-order valence-corrected chi connectivity index (χ0v) is 11.1. The van der Waals surface area contributed by atoms with Crippen LogP contribution in [0.1, 0.15) is 0 Å². The highest BCUT2D eigenvalue weighted by molar-refractivity contribution is 5.40. The van der Waals surface area contributed by atoms with Crippen molar-refractivity contribution < 1.29 is 14.1 Å². The van der Waals surface area contributed by atoms with Crippen LogP contribution in [0.25, 0.3) is 0 Å². The summed E-state index contributed by atoms with van der Waals surface area (Å²) in [5, 5.41) is 10.5. The molecular formula is C11H11FN6O3. The maximum Gasteiger partial charge on any atom is 0.328 e. The van der Waals surface area contributed by atoms with E-state index in [2.05, 4.69) is 15.0 Å². The molecule has 0 spiro atoms. The van der Waals surface area contributed by atoms with Gasteiger partial charge in [0.2, 0.25) is 11.9 Å². The third-order valence-electron chi connectivity index (χ3n) is 2.35. The first kappa shape index (κ1) is 14.4. The van der Waals surface area contributed by atoms with Gasteiger partial charge in [0.25, 0.3) is 5.69 Å². The Bertz CT molecular complexity index is 694. The Hall–Kier alpha value is -3.04. The van der Waals surface area contributed by atoms with Crippen molar-refractivity contribution in [1.29, 1.82) is 0 Å². The number of aromatic nitrogens is 3. The van der Waals surface area contributed by atoms with Crippen molar-refractivity contribution in [1.82, 2.24) is 15.0 Å². The SMILES string of the molecule is CN(C)c1nc(N)nc(Oc2ccc([N+](=O)[O-])cc2F)n1. The molecule has 10 heteroatoms. The largest absolute Gasteiger partial charge is 0.421 e. The van der Waals surface area contributed by atoms with E-state index in [-0.39, 0.29) is 29.3 Å². The predicted octanol–water partition coefficient (Wildman–Crippen LogP) is 1.36. The first-order chi connectivity index (χ1) is 9.86. The van der Waals surface area contributed by atoms with Gasteiger partial charge in [-0.2, -0.15) is 15.0 Å². The van der Waals surface area contributed by atoms with Gasteiger partial charge in [0, 0.05) is 20.2 Å². The van der Waals surface area contributed by atoms with Crippen molar-refractivity contribution in [3.63, 3.8) is 0 Å². The Labute approximate surface area is 118 Å². The van der Waals surface area contributed by atoms with E-state index >= 15 is 0 Å². The standard InChI is InChI=1S/C11H11FN6O3/c1-17(2)10-14-9(13)15-11(16-10)21-8-4-3-6(18(19)20)5-7(8)12/h3-5H,1-2H3,(H2,13,14,15,16). The number of ether oxygens (including phenoxy) is 1. The van der Waals surface area contributed by atoms with Crippen LogP contribution in [-0.2, 0) is 0 Å². The third kappa shape index (κ3) is 3.29. The number of benzene rings is 1. The van der Waals surface area contributed by atoms with Crippen LogP contribution < -0.4 is 15.4 Å². The van der Waals surface area contributed by atoms with Gasteiger partial charge < -0.3 is 15.4 Å². The Morgan fingerprint density at radius 3 is 2.62 bits per heavy atom. The quantitative estimate of drug-likeness (QED) is 0.662. The van der Waals surface area contributed by atoms with E-state index in [4.69, 9.17) is 10.5 Å². The average Bonchev–Trinajstić information content (AvgIpc) is 2.40. The Kier molecular flexibility index (Phi) is 3.78. The summed E-state index contributed by atoms with van der Waals surface area (Å²) in [4.78, 5) is 22.9. The summed E-state index contributed by atoms with van der Waals surface area (Å²) < 4.78 is 18.9. The van der Waals surface area contributed by atoms with Gasteiger partial charge in [0.05, 0.1) is 11.0 Å². The van der Waals surface area contributed by atoms with Gasteiger partial charge in [-0.3, -0.25) is 10.1 Å². The molecule has 0 atom stereocenters. The number of hydrogen-bond acceptors (Lipinski definition) is 8. The highest BCUT2D eigenvalue weighted by Crippen LogP contribution is 2.26. The fourth-order valence-corrected chi connectivity index (χ4v) is 1.39. The molecule has 110 valence electrons. The summed E-state index contributed by atoms with van der Waals surface area (Å²) in [5.74, 6) is -1.02. The molecule has 0 fully saturated rings. The molecule has 0 radical (unpaired) electrons. The molecule has 2 aromatic rings. The van der Waals surface area contributed by atoms with Crippen LogP contribution in [0.15, 0.2) is 18.2 Å². The zero-order chi connectivity index (χ0) is 15.6. The van der Waals surface area contributed by atoms with E-state index in [0.29, 0.717) is 0 Å². The average molecular weight is 294 g/mol. The van der Waals surface area contributed by atoms with Crippen LogP contribution in [-0.4, -0.2) is 34.0 Å². The first-order valence-electron chi connectivity index (χ1n) is 5.67. The van der Waals surface area contributed by atoms with Gasteiger partial charge in [-0.05, 0) is 6.07 Å². The summed E-state index contributed by atoms with van der Waals surface area (Å²) >= 11 is 0. The first-order valence-corrected chi connectivity index (χ1v) is 5.67. The van der Waals surface area contributed by atoms with Crippen LogP contribution >= 0.6 is 0 Å². The number of anilines is 2. The Balaban J connectivity index is 2.32. The highest BCUT2D eigenvalue weighted by Gasteiger charge is 2.14. The number of non-ortho nitro benzene ring substituents is 1. The minimum atomic E-state index is -0.908. The number of rotatable bonds is 4. The van der Waals surface area contributed by atoms with Crippen molar-refractivity contribution in [2.24, 2.45) is 0 Å². The second-order valence-electron chi connectivity index (χ2n) is 4.14. The van der Waals surface area contributed by atoms with Gasteiger partial charge in [-0.15, -0.1) is 0 Å². The van der Waals surface area contributed by atoms with Gasteiger partial charge in [-0.25, -0.2) is 4.39 Å². The number of nitro groups is 1. The molecule has 1 heterocycles. The monoisotopic (exact) mass is 294 g/mol. The Morgan fingerprint density at radius 2 is 2.05 bits per heavy atom. The van der Waals surface area contributed by atoms with E-state index in [0.717, 1.165) is 18.2 Å². The Morgan fingerprint density at radius 1 is 1.33 bits per heavy atom. The molecule has 0 aliphatic heterocycles. The van der Waals surface area contributed by atoms with Crippen LogP contribution in [0.5, 0.6) is 11.8 Å². The number of nitrogen functional groups attached to an aromatic ring is 1. The van der Waals surface area contributed by atoms with Crippen molar-refractivity contribution >= 4 is 17.6 Å². The van der Waals surface area contributed by atoms with E-state index < -0.39 is 10.7 Å². The van der Waals surface area contributed by atoms with E-state index in [1.165, 1.54) is 0 Å². The minimum Gasteiger partial charge on any atom is -0.421 e. The minimum absolute atomic E-state index is 0.0916. The van der Waals surface area contributed by atoms with E-state index in [1.807, 2.05) is 0 Å². The second-order valence-corrected chi connectivity index (χ2v) is 4.14. The fraction of sp³-hybridized carbons (Fsp3) is 0.182. The summed E-state index contributed by atoms with van der Waals surface area (Å²) in [6, 6.07) is 2.75. The van der Waals surface area contributed by atoms with Gasteiger partial charge in [0.15, 0.2) is 11.6 Å². The van der Waals surface area contributed by atoms with E-state index in [9.17, 15) is 14.5 Å². The maximum atomic E-state index is 13.7. The number of nitro benzene ring substituents is 1. The molecule has 0 saturated heterocycles. The molecule has 0 bridgehead atoms. The molecule has 0 amide bonds. The van der Waals surface area contributed by atoms with Gasteiger partial charge in [0.1, 0.15) is 0 Å². The van der Waals surface area contributed by atoms with Gasteiger partial charge >= 0.3 is 6.01 Å². The van der Waals surface area contributed by atoms with Crippen molar-refractivity contribution in [2.75, 3.05) is 24.7 Å². The third-order valence-corrected chi connectivity index (χ3v) is 2.35. The molecule has 2 rings (SSSR count). The summed E-state index contributed by atoms with van der Waals surface area (Å²) in [7, 11) is 3.37. The predicted molar refractivity (Wildman–Crippen MR) is 71.7 cm³/mol. The second kappa shape index (κ2) is 5.53. The number of nitrogens with two attached hydrogens (primary N) is 1. The molecule has 1 aromatic heterocycles. The summed E-state index contributed by atoms with van der Waals surface area (Å²) in [5.41, 5.74) is 5.12. The van der Waals surface area contributed by atoms with Crippen molar-refractivity contribution in [3.05, 3.63) is 34.1 Å². The topological polar surface area (TPSA) is 120 Å². The lowest BCUT2D eigenvalue weighted by molar-refractivity contribution is -0.385. The zero-order valence-electron chi connectivity index (χ0n) is 11.1. The molecular weight excluding hydrogens is 283 g/mol. The van der Waals surface area contributed by atoms with Crippen LogP contribution in [0.2, 0.25) is 0 Å². The highest BCUT2D eigenvalue weighted by atomic mass is 19.1. The molecule has 0 aliphatic rings. The fourth-order valence-electron chi connectivity index (χ4n) is 1.39. The van der Waals surface area contributed by atoms with Gasteiger partial charge in [-0.1, -0.05) is 0 Å². The molecule has 0 aliphatic carbocycles. The molecule has 1 aromatic carbocycles. The molecule has 21 heavy (non-hydrogen) atoms. The van der Waals surface area contributed by atoms with E-state index in [1.54, 1.807) is 19.0 Å². The maximum absolute atomic E-state index is 13.7. The van der Waals surface area contributed by atoms with Crippen LogP contribution in [0.4, 0.5) is 22.0 Å². The van der Waals surface area contributed by atoms with Crippen molar-refractivity contribution in [3.8, 4) is 11.8 Å². The number of hydrogen-bond donors (Lipinski definition) is 1. The van der Waals surface area contributed by atoms with Crippen LogP contribution in [0, 0.1) is 15.9 Å². The number of nitrogens with zero attached hydrogens (tertiary/aromatic N) is 5. The lowest BCUT2D eigenvalue weighted by atomic mass is 10.3. The molecule has 2 N–H and O–H groups in total. The smallest absolute Gasteiger partial charge is 0.328 e. The lowest BCUT2D eigenvalue weighted by Crippen LogP contribution is -2.15. The lowest BCUT2D eigenvalue weighted by Gasteiger charge is -2.11. The molecule has 9 nitrogen and oxygen atoms in total. The summed E-state index contributed by atoms with van der Waals surface area (Å²) in [6.45, 7) is 0. The van der Waals surface area contributed by atoms with Crippen LogP contribution in [0.3, 0.4) is 0 Å². The van der Waals surface area contributed by atoms with Crippen molar-refractivity contribution in [2.45, 2.75) is 0 Å². The molecule has 0 saturated carbocycles. The summed E-state index contributed by atoms with van der Waals surface area (Å²) in [6.07, 6.45) is 0. The normalized spacial score (nSPS) is 10.2. The molecule has 0 unspecified atom stereocenters.